The number of aryl methyl sites for hydroxylation is 1. The monoisotopic (exact) mass is 367 g/mol. The molecule has 0 saturated carbocycles. The second-order valence-electron chi connectivity index (χ2n) is 6.70. The Balaban J connectivity index is 1.71. The van der Waals surface area contributed by atoms with Crippen LogP contribution in [0.25, 0.3) is 0 Å². The SMILES string of the molecule is CCN1CCC[C@@H](CN(C)Cc2cnc(Cl)s2)[C@@H]1c1cnn(C)c1. The van der Waals surface area contributed by atoms with E-state index in [9.17, 15) is 0 Å². The molecule has 132 valence electrons. The highest BCUT2D eigenvalue weighted by atomic mass is 35.5. The zero-order valence-electron chi connectivity index (χ0n) is 14.7. The van der Waals surface area contributed by atoms with E-state index in [0.29, 0.717) is 16.4 Å². The van der Waals surface area contributed by atoms with E-state index in [2.05, 4.69) is 40.1 Å². The number of piperidine rings is 1. The third-order valence-corrected chi connectivity index (χ3v) is 5.93. The van der Waals surface area contributed by atoms with Crippen molar-refractivity contribution in [2.75, 3.05) is 26.7 Å². The zero-order chi connectivity index (χ0) is 17.1. The predicted molar refractivity (Wildman–Crippen MR) is 99.4 cm³/mol. The van der Waals surface area contributed by atoms with Crippen LogP contribution in [0.3, 0.4) is 0 Å². The lowest BCUT2D eigenvalue weighted by molar-refractivity contribution is 0.0751. The van der Waals surface area contributed by atoms with E-state index >= 15 is 0 Å². The largest absolute Gasteiger partial charge is 0.301 e. The summed E-state index contributed by atoms with van der Waals surface area (Å²) in [6, 6.07) is 0.463. The molecule has 2 aromatic rings. The Morgan fingerprint density at radius 1 is 1.42 bits per heavy atom. The van der Waals surface area contributed by atoms with Crippen LogP contribution in [0.2, 0.25) is 4.47 Å². The van der Waals surface area contributed by atoms with Crippen LogP contribution in [0, 0.1) is 5.92 Å². The van der Waals surface area contributed by atoms with Gasteiger partial charge in [-0.3, -0.25) is 9.58 Å². The predicted octanol–water partition coefficient (Wildman–Crippen LogP) is 3.44. The van der Waals surface area contributed by atoms with Crippen molar-refractivity contribution in [2.24, 2.45) is 13.0 Å². The van der Waals surface area contributed by atoms with Crippen molar-refractivity contribution in [3.8, 4) is 0 Å². The number of hydrogen-bond acceptors (Lipinski definition) is 5. The molecular formula is C17H26ClN5S. The Morgan fingerprint density at radius 3 is 2.88 bits per heavy atom. The van der Waals surface area contributed by atoms with Crippen molar-refractivity contribution in [3.63, 3.8) is 0 Å². The maximum absolute atomic E-state index is 5.95. The van der Waals surface area contributed by atoms with Gasteiger partial charge in [-0.05, 0) is 38.9 Å². The summed E-state index contributed by atoms with van der Waals surface area (Å²) in [5, 5.41) is 4.40. The summed E-state index contributed by atoms with van der Waals surface area (Å²) in [5.74, 6) is 0.622. The van der Waals surface area contributed by atoms with E-state index in [1.807, 2.05) is 24.1 Å². The van der Waals surface area contributed by atoms with E-state index in [4.69, 9.17) is 11.6 Å². The van der Waals surface area contributed by atoms with Gasteiger partial charge in [-0.15, -0.1) is 11.3 Å². The second kappa shape index (κ2) is 7.95. The fourth-order valence-corrected chi connectivity index (χ4v) is 4.92. The molecule has 1 saturated heterocycles. The summed E-state index contributed by atoms with van der Waals surface area (Å²) in [7, 11) is 4.19. The van der Waals surface area contributed by atoms with Gasteiger partial charge in [0.05, 0.1) is 6.20 Å². The molecule has 24 heavy (non-hydrogen) atoms. The lowest BCUT2D eigenvalue weighted by atomic mass is 9.85. The lowest BCUT2D eigenvalue weighted by Gasteiger charge is -2.42. The Hall–Kier alpha value is -0.950. The highest BCUT2D eigenvalue weighted by molar-refractivity contribution is 7.15. The molecule has 5 nitrogen and oxygen atoms in total. The van der Waals surface area contributed by atoms with Gasteiger partial charge in [-0.25, -0.2) is 4.98 Å². The molecule has 0 N–H and O–H groups in total. The van der Waals surface area contributed by atoms with Crippen LogP contribution in [-0.4, -0.2) is 51.2 Å². The molecule has 2 aromatic heterocycles. The number of hydrogen-bond donors (Lipinski definition) is 0. The number of nitrogens with zero attached hydrogens (tertiary/aromatic N) is 5. The maximum atomic E-state index is 5.95. The van der Waals surface area contributed by atoms with E-state index in [1.165, 1.54) is 29.8 Å². The van der Waals surface area contributed by atoms with Gasteiger partial charge in [0.2, 0.25) is 0 Å². The number of rotatable bonds is 6. The van der Waals surface area contributed by atoms with E-state index < -0.39 is 0 Å². The first kappa shape index (κ1) is 17.9. The molecule has 2 atom stereocenters. The third kappa shape index (κ3) is 4.17. The molecule has 0 aliphatic carbocycles. The minimum absolute atomic E-state index is 0.463. The van der Waals surface area contributed by atoms with E-state index in [-0.39, 0.29) is 0 Å². The van der Waals surface area contributed by atoms with E-state index in [0.717, 1.165) is 19.6 Å². The highest BCUT2D eigenvalue weighted by Crippen LogP contribution is 2.36. The molecule has 3 rings (SSSR count). The maximum Gasteiger partial charge on any atom is 0.183 e. The quantitative estimate of drug-likeness (QED) is 0.783. The van der Waals surface area contributed by atoms with Crippen LogP contribution in [0.15, 0.2) is 18.6 Å². The Labute approximate surface area is 153 Å². The molecule has 1 aliphatic rings. The zero-order valence-corrected chi connectivity index (χ0v) is 16.2. The van der Waals surface area contributed by atoms with Gasteiger partial charge >= 0.3 is 0 Å². The van der Waals surface area contributed by atoms with Gasteiger partial charge in [-0.1, -0.05) is 18.5 Å². The average Bonchev–Trinajstić information content (AvgIpc) is 3.15. The van der Waals surface area contributed by atoms with Crippen LogP contribution in [0.1, 0.15) is 36.2 Å². The summed E-state index contributed by atoms with van der Waals surface area (Å²) in [6.45, 7) is 6.51. The minimum atomic E-state index is 0.463. The summed E-state index contributed by atoms with van der Waals surface area (Å²) >= 11 is 7.52. The smallest absolute Gasteiger partial charge is 0.183 e. The summed E-state index contributed by atoms with van der Waals surface area (Å²) < 4.78 is 2.54. The first-order valence-corrected chi connectivity index (χ1v) is 9.77. The first-order valence-electron chi connectivity index (χ1n) is 8.58. The summed E-state index contributed by atoms with van der Waals surface area (Å²) in [4.78, 5) is 10.4. The highest BCUT2D eigenvalue weighted by Gasteiger charge is 2.33. The molecular weight excluding hydrogens is 342 g/mol. The minimum Gasteiger partial charge on any atom is -0.301 e. The molecule has 0 amide bonds. The molecule has 0 radical (unpaired) electrons. The van der Waals surface area contributed by atoms with Crippen LogP contribution < -0.4 is 0 Å². The van der Waals surface area contributed by atoms with Gasteiger partial charge in [0.25, 0.3) is 0 Å². The number of thiazole rings is 1. The third-order valence-electron chi connectivity index (χ3n) is 4.83. The lowest BCUT2D eigenvalue weighted by Crippen LogP contribution is -2.42. The van der Waals surface area contributed by atoms with Gasteiger partial charge < -0.3 is 4.90 Å². The normalized spacial score (nSPS) is 22.4. The van der Waals surface area contributed by atoms with Crippen LogP contribution in [0.5, 0.6) is 0 Å². The number of halogens is 1. The van der Waals surface area contributed by atoms with Gasteiger partial charge in [0.15, 0.2) is 4.47 Å². The standard InChI is InChI=1S/C17H26ClN5S/c1-4-23-7-5-6-13(16(23)14-8-20-22(3)11-14)10-21(2)12-15-9-19-17(18)24-15/h8-9,11,13,16H,4-7,10,12H2,1-3H3/t13-,16+/m0/s1. The molecule has 1 fully saturated rings. The number of likely N-dealkylation sites (tertiary alicyclic amines) is 1. The van der Waals surface area contributed by atoms with Crippen LogP contribution in [-0.2, 0) is 13.6 Å². The van der Waals surface area contributed by atoms with Gasteiger partial charge in [0.1, 0.15) is 0 Å². The summed E-state index contributed by atoms with van der Waals surface area (Å²) in [6.07, 6.45) is 8.64. The topological polar surface area (TPSA) is 37.2 Å². The number of aromatic nitrogens is 3. The van der Waals surface area contributed by atoms with Crippen molar-refractivity contribution < 1.29 is 0 Å². The van der Waals surface area contributed by atoms with Gasteiger partial charge in [0, 0.05) is 49.0 Å². The van der Waals surface area contributed by atoms with Gasteiger partial charge in [-0.2, -0.15) is 5.10 Å². The first-order chi connectivity index (χ1) is 11.6. The molecule has 0 spiro atoms. The van der Waals surface area contributed by atoms with Crippen molar-refractivity contribution in [1.29, 1.82) is 0 Å². The van der Waals surface area contributed by atoms with Crippen LogP contribution in [0.4, 0.5) is 0 Å². The second-order valence-corrected chi connectivity index (χ2v) is 8.40. The Bertz CT molecular complexity index is 655. The Morgan fingerprint density at radius 2 is 2.25 bits per heavy atom. The van der Waals surface area contributed by atoms with Crippen molar-refractivity contribution in [2.45, 2.75) is 32.4 Å². The van der Waals surface area contributed by atoms with Crippen molar-refractivity contribution in [3.05, 3.63) is 33.5 Å². The van der Waals surface area contributed by atoms with E-state index in [1.54, 1.807) is 11.3 Å². The molecule has 0 bridgehead atoms. The molecule has 3 heterocycles. The molecule has 0 unspecified atom stereocenters. The molecule has 0 aromatic carbocycles. The average molecular weight is 368 g/mol. The fourth-order valence-electron chi connectivity index (χ4n) is 3.86. The van der Waals surface area contributed by atoms with Crippen LogP contribution >= 0.6 is 22.9 Å². The fraction of sp³-hybridized carbons (Fsp3) is 0.647. The Kier molecular flexibility index (Phi) is 5.92. The molecule has 1 aliphatic heterocycles. The van der Waals surface area contributed by atoms with Crippen molar-refractivity contribution in [1.82, 2.24) is 24.6 Å². The van der Waals surface area contributed by atoms with Crippen molar-refractivity contribution >= 4 is 22.9 Å². The summed E-state index contributed by atoms with van der Waals surface area (Å²) in [5.41, 5.74) is 1.35. The molecule has 7 heteroatoms.